The highest BCUT2D eigenvalue weighted by Crippen LogP contribution is 2.39. The first-order valence-corrected chi connectivity index (χ1v) is 6.34. The summed E-state index contributed by atoms with van der Waals surface area (Å²) in [4.78, 5) is 10.4. The summed E-state index contributed by atoms with van der Waals surface area (Å²) in [6, 6.07) is 1.90. The van der Waals surface area contributed by atoms with Crippen LogP contribution in [-0.4, -0.2) is 11.1 Å². The number of carbonyl (C=O) groups is 1. The van der Waals surface area contributed by atoms with E-state index in [2.05, 4.69) is 0 Å². The van der Waals surface area contributed by atoms with Gasteiger partial charge in [0.05, 0.1) is 0 Å². The number of aliphatic carboxylic acids is 1. The molecule has 0 unspecified atom stereocenters. The average Bonchev–Trinajstić information content (AvgIpc) is 2.25. The van der Waals surface area contributed by atoms with Gasteiger partial charge in [-0.3, -0.25) is 4.79 Å². The molecule has 0 bridgehead atoms. The summed E-state index contributed by atoms with van der Waals surface area (Å²) in [5.74, 6) is -4.01. The lowest BCUT2D eigenvalue weighted by Crippen LogP contribution is -2.18. The summed E-state index contributed by atoms with van der Waals surface area (Å²) in [5, 5.41) is 8.53. The van der Waals surface area contributed by atoms with Gasteiger partial charge in [0, 0.05) is 18.4 Å². The van der Waals surface area contributed by atoms with Crippen LogP contribution in [0.2, 0.25) is 0 Å². The van der Waals surface area contributed by atoms with E-state index in [4.69, 9.17) is 5.11 Å². The third kappa shape index (κ3) is 3.52. The standard InChI is InChI=1S/C15H20F2O2/c1-9-8-10(2)12(4)14(11(9)3)15(16,17)7-5-6-13(18)19/h8H,5-7H2,1-4H3,(H,18,19). The molecule has 1 aromatic carbocycles. The van der Waals surface area contributed by atoms with E-state index < -0.39 is 18.3 Å². The average molecular weight is 270 g/mol. The van der Waals surface area contributed by atoms with Crippen LogP contribution in [0.3, 0.4) is 0 Å². The molecular weight excluding hydrogens is 250 g/mol. The summed E-state index contributed by atoms with van der Waals surface area (Å²) in [6.45, 7) is 7.03. The van der Waals surface area contributed by atoms with Crippen molar-refractivity contribution in [1.29, 1.82) is 0 Å². The fraction of sp³-hybridized carbons (Fsp3) is 0.533. The zero-order chi connectivity index (χ0) is 14.8. The molecule has 0 saturated heterocycles. The van der Waals surface area contributed by atoms with Gasteiger partial charge in [-0.05, 0) is 56.4 Å². The Bertz CT molecular complexity index is 467. The minimum absolute atomic E-state index is 0.0196. The van der Waals surface area contributed by atoms with Crippen molar-refractivity contribution in [2.45, 2.75) is 52.9 Å². The highest BCUT2D eigenvalue weighted by molar-refractivity contribution is 5.66. The molecule has 19 heavy (non-hydrogen) atoms. The van der Waals surface area contributed by atoms with E-state index in [9.17, 15) is 13.6 Å². The van der Waals surface area contributed by atoms with Gasteiger partial charge in [-0.25, -0.2) is 8.78 Å². The number of benzene rings is 1. The maximum absolute atomic E-state index is 14.3. The first-order chi connectivity index (χ1) is 8.66. The van der Waals surface area contributed by atoms with Crippen molar-refractivity contribution in [3.8, 4) is 0 Å². The van der Waals surface area contributed by atoms with Gasteiger partial charge in [-0.1, -0.05) is 6.07 Å². The number of carboxylic acids is 1. The van der Waals surface area contributed by atoms with Crippen LogP contribution < -0.4 is 0 Å². The zero-order valence-electron chi connectivity index (χ0n) is 11.8. The van der Waals surface area contributed by atoms with Crippen molar-refractivity contribution in [3.63, 3.8) is 0 Å². The van der Waals surface area contributed by atoms with Crippen molar-refractivity contribution in [2.75, 3.05) is 0 Å². The second-order valence-electron chi connectivity index (χ2n) is 5.09. The fourth-order valence-corrected chi connectivity index (χ4v) is 2.35. The Labute approximate surface area is 112 Å². The van der Waals surface area contributed by atoms with E-state index in [-0.39, 0.29) is 18.4 Å². The molecule has 0 saturated carbocycles. The molecule has 0 aliphatic heterocycles. The molecule has 0 spiro atoms. The van der Waals surface area contributed by atoms with Crippen molar-refractivity contribution in [2.24, 2.45) is 0 Å². The van der Waals surface area contributed by atoms with Gasteiger partial charge in [-0.15, -0.1) is 0 Å². The van der Waals surface area contributed by atoms with Gasteiger partial charge < -0.3 is 5.11 Å². The number of hydrogen-bond donors (Lipinski definition) is 1. The van der Waals surface area contributed by atoms with Crippen LogP contribution in [0.5, 0.6) is 0 Å². The van der Waals surface area contributed by atoms with Crippen LogP contribution in [-0.2, 0) is 10.7 Å². The Morgan fingerprint density at radius 3 is 2.05 bits per heavy atom. The highest BCUT2D eigenvalue weighted by atomic mass is 19.3. The first-order valence-electron chi connectivity index (χ1n) is 6.34. The number of aryl methyl sites for hydroxylation is 2. The molecular formula is C15H20F2O2. The topological polar surface area (TPSA) is 37.3 Å². The van der Waals surface area contributed by atoms with Crippen LogP contribution in [0.4, 0.5) is 8.78 Å². The van der Waals surface area contributed by atoms with Gasteiger partial charge >= 0.3 is 5.97 Å². The van der Waals surface area contributed by atoms with E-state index in [1.165, 1.54) is 0 Å². The van der Waals surface area contributed by atoms with Gasteiger partial charge in [0.15, 0.2) is 0 Å². The molecule has 4 heteroatoms. The maximum Gasteiger partial charge on any atom is 0.303 e. The Balaban J connectivity index is 3.10. The van der Waals surface area contributed by atoms with Crippen LogP contribution in [0.15, 0.2) is 6.07 Å². The van der Waals surface area contributed by atoms with Crippen LogP contribution >= 0.6 is 0 Å². The minimum Gasteiger partial charge on any atom is -0.481 e. The van der Waals surface area contributed by atoms with E-state index in [0.717, 1.165) is 11.1 Å². The molecule has 106 valence electrons. The number of halogens is 2. The van der Waals surface area contributed by atoms with Gasteiger partial charge in [0.2, 0.25) is 0 Å². The van der Waals surface area contributed by atoms with Crippen molar-refractivity contribution < 1.29 is 18.7 Å². The third-order valence-corrected chi connectivity index (χ3v) is 3.61. The molecule has 1 N–H and O–H groups in total. The van der Waals surface area contributed by atoms with Gasteiger partial charge in [-0.2, -0.15) is 0 Å². The lowest BCUT2D eigenvalue weighted by molar-refractivity contribution is -0.137. The maximum atomic E-state index is 14.3. The molecule has 0 aliphatic rings. The van der Waals surface area contributed by atoms with Crippen molar-refractivity contribution in [1.82, 2.24) is 0 Å². The fourth-order valence-electron chi connectivity index (χ4n) is 2.35. The largest absolute Gasteiger partial charge is 0.481 e. The second-order valence-corrected chi connectivity index (χ2v) is 5.09. The smallest absolute Gasteiger partial charge is 0.303 e. The number of hydrogen-bond acceptors (Lipinski definition) is 1. The quantitative estimate of drug-likeness (QED) is 0.867. The summed E-state index contributed by atoms with van der Waals surface area (Å²) in [6.07, 6.45) is -0.670. The zero-order valence-corrected chi connectivity index (χ0v) is 11.8. The Morgan fingerprint density at radius 1 is 1.16 bits per heavy atom. The molecule has 0 atom stereocenters. The number of alkyl halides is 2. The summed E-state index contributed by atoms with van der Waals surface area (Å²) < 4.78 is 28.6. The Morgan fingerprint density at radius 2 is 1.63 bits per heavy atom. The Kier molecular flexibility index (Phi) is 4.66. The monoisotopic (exact) mass is 270 g/mol. The molecule has 0 aromatic heterocycles. The van der Waals surface area contributed by atoms with Crippen molar-refractivity contribution in [3.05, 3.63) is 33.9 Å². The lowest BCUT2D eigenvalue weighted by atomic mass is 9.88. The summed E-state index contributed by atoms with van der Waals surface area (Å²) >= 11 is 0. The van der Waals surface area contributed by atoms with Crippen LogP contribution in [0.1, 0.15) is 47.1 Å². The minimum atomic E-state index is -2.97. The lowest BCUT2D eigenvalue weighted by Gasteiger charge is -2.23. The first kappa shape index (κ1) is 15.6. The van der Waals surface area contributed by atoms with Gasteiger partial charge in [0.1, 0.15) is 0 Å². The summed E-state index contributed by atoms with van der Waals surface area (Å²) in [5.41, 5.74) is 2.95. The Hall–Kier alpha value is -1.45. The molecule has 0 amide bonds. The number of carboxylic acid groups (broad SMARTS) is 1. The van der Waals surface area contributed by atoms with E-state index in [1.807, 2.05) is 19.9 Å². The molecule has 0 radical (unpaired) electrons. The highest BCUT2D eigenvalue weighted by Gasteiger charge is 2.35. The van der Waals surface area contributed by atoms with E-state index in [0.29, 0.717) is 11.1 Å². The molecule has 1 aromatic rings. The third-order valence-electron chi connectivity index (χ3n) is 3.61. The molecule has 2 nitrogen and oxygen atoms in total. The van der Waals surface area contributed by atoms with E-state index >= 15 is 0 Å². The molecule has 0 heterocycles. The number of rotatable bonds is 5. The second kappa shape index (κ2) is 5.68. The normalized spacial score (nSPS) is 11.7. The predicted molar refractivity (Wildman–Crippen MR) is 70.8 cm³/mol. The van der Waals surface area contributed by atoms with Crippen LogP contribution in [0, 0.1) is 27.7 Å². The predicted octanol–water partition coefficient (Wildman–Crippen LogP) is 4.27. The van der Waals surface area contributed by atoms with E-state index in [1.54, 1.807) is 13.8 Å². The molecule has 1 rings (SSSR count). The van der Waals surface area contributed by atoms with Crippen LogP contribution in [0.25, 0.3) is 0 Å². The molecule has 0 aliphatic carbocycles. The molecule has 0 fully saturated rings. The SMILES string of the molecule is Cc1cc(C)c(C)c(C(F)(F)CCCC(=O)O)c1C. The van der Waals surface area contributed by atoms with Crippen molar-refractivity contribution >= 4 is 5.97 Å². The summed E-state index contributed by atoms with van der Waals surface area (Å²) in [7, 11) is 0. The van der Waals surface area contributed by atoms with Gasteiger partial charge in [0.25, 0.3) is 5.92 Å².